The van der Waals surface area contributed by atoms with Crippen LogP contribution < -0.4 is 0 Å². The summed E-state index contributed by atoms with van der Waals surface area (Å²) in [4.78, 5) is 22.6. The molecule has 5 rings (SSSR count). The smallest absolute Gasteiger partial charge is 0.246 e. The summed E-state index contributed by atoms with van der Waals surface area (Å²) < 4.78 is 2.45. The highest BCUT2D eigenvalue weighted by Gasteiger charge is 2.20. The number of carbonyl (C=O) groups is 1. The molecule has 38 heavy (non-hydrogen) atoms. The molecule has 2 aliphatic rings. The summed E-state index contributed by atoms with van der Waals surface area (Å²) in [6.07, 6.45) is 6.05. The fourth-order valence-corrected chi connectivity index (χ4v) is 5.86. The van der Waals surface area contributed by atoms with E-state index >= 15 is 0 Å². The second kappa shape index (κ2) is 12.7. The number of hydrogen-bond acceptors (Lipinski definition) is 4. The van der Waals surface area contributed by atoms with Crippen molar-refractivity contribution in [1.29, 1.82) is 0 Å². The van der Waals surface area contributed by atoms with Gasteiger partial charge in [-0.15, -0.1) is 0 Å². The maximum absolute atomic E-state index is 13.1. The molecule has 3 heterocycles. The molecule has 1 amide bonds. The summed E-state index contributed by atoms with van der Waals surface area (Å²) in [5.74, 6) is 0.124. The Morgan fingerprint density at radius 1 is 0.789 bits per heavy atom. The molecule has 0 atom stereocenters. The Labute approximate surface area is 228 Å². The first kappa shape index (κ1) is 26.7. The minimum atomic E-state index is 0.124. The highest BCUT2D eigenvalue weighted by Crippen LogP contribution is 2.27. The van der Waals surface area contributed by atoms with Crippen molar-refractivity contribution in [2.45, 2.75) is 26.3 Å². The van der Waals surface area contributed by atoms with Crippen molar-refractivity contribution >= 4 is 22.9 Å². The third-order valence-corrected chi connectivity index (χ3v) is 8.37. The number of aryl methyl sites for hydroxylation is 1. The van der Waals surface area contributed by atoms with E-state index in [2.05, 4.69) is 93.9 Å². The predicted molar refractivity (Wildman–Crippen MR) is 157 cm³/mol. The molecular weight excluding hydrogens is 470 g/mol. The fraction of sp³-hybridized carbons (Fsp3) is 0.469. The van der Waals surface area contributed by atoms with Crippen LogP contribution in [0.2, 0.25) is 0 Å². The molecule has 0 spiro atoms. The lowest BCUT2D eigenvalue weighted by molar-refractivity contribution is -0.127. The number of carbonyl (C=O) groups excluding carboxylic acids is 1. The zero-order chi connectivity index (χ0) is 26.3. The van der Waals surface area contributed by atoms with E-state index in [1.165, 1.54) is 40.8 Å². The third-order valence-electron chi connectivity index (χ3n) is 8.37. The number of piperazine rings is 2. The van der Waals surface area contributed by atoms with Crippen molar-refractivity contribution < 1.29 is 4.79 Å². The Morgan fingerprint density at radius 3 is 2.21 bits per heavy atom. The Morgan fingerprint density at radius 2 is 1.45 bits per heavy atom. The number of likely N-dealkylation sites (N-methyl/N-ethyl adjacent to an activating group) is 1. The predicted octanol–water partition coefficient (Wildman–Crippen LogP) is 3.99. The number of hydrogen-bond donors (Lipinski definition) is 0. The van der Waals surface area contributed by atoms with Crippen LogP contribution in [0.25, 0.3) is 17.0 Å². The second-order valence-electron chi connectivity index (χ2n) is 10.9. The van der Waals surface area contributed by atoms with Gasteiger partial charge in [0.25, 0.3) is 0 Å². The molecule has 202 valence electrons. The van der Waals surface area contributed by atoms with Gasteiger partial charge < -0.3 is 19.3 Å². The van der Waals surface area contributed by atoms with Gasteiger partial charge in [-0.1, -0.05) is 48.5 Å². The third kappa shape index (κ3) is 6.55. The standard InChI is InChI=1S/C32H43N5O/c1-27-29(13-14-32(38)36-25-23-35(24-26-36)18-15-28-9-4-3-5-10-28)30-11-6-7-12-31(30)37(27)17-8-16-34-21-19-33(2)20-22-34/h3-7,9-14H,8,15-26H2,1-2H3/b14-13+. The first-order chi connectivity index (χ1) is 18.6. The van der Waals surface area contributed by atoms with Crippen molar-refractivity contribution in [2.24, 2.45) is 0 Å². The van der Waals surface area contributed by atoms with Gasteiger partial charge in [-0.25, -0.2) is 0 Å². The zero-order valence-electron chi connectivity index (χ0n) is 23.2. The summed E-state index contributed by atoms with van der Waals surface area (Å²) in [6.45, 7) is 13.5. The van der Waals surface area contributed by atoms with E-state index in [-0.39, 0.29) is 5.91 Å². The van der Waals surface area contributed by atoms with Crippen molar-refractivity contribution in [1.82, 2.24) is 24.2 Å². The number of fused-ring (bicyclic) bond motifs is 1. The van der Waals surface area contributed by atoms with E-state index in [9.17, 15) is 4.79 Å². The van der Waals surface area contributed by atoms with Crippen LogP contribution in [0.4, 0.5) is 0 Å². The van der Waals surface area contributed by atoms with E-state index in [0.29, 0.717) is 0 Å². The average molecular weight is 514 g/mol. The van der Waals surface area contributed by atoms with Gasteiger partial charge in [-0.3, -0.25) is 9.69 Å². The lowest BCUT2D eigenvalue weighted by Crippen LogP contribution is -2.48. The quantitative estimate of drug-likeness (QED) is 0.406. The molecule has 2 fully saturated rings. The van der Waals surface area contributed by atoms with Gasteiger partial charge in [0, 0.05) is 93.7 Å². The Bertz CT molecular complexity index is 1220. The Hall–Kier alpha value is -2.93. The van der Waals surface area contributed by atoms with Crippen molar-refractivity contribution in [3.63, 3.8) is 0 Å². The van der Waals surface area contributed by atoms with Crippen LogP contribution in [0.5, 0.6) is 0 Å². The Kier molecular flexibility index (Phi) is 8.94. The molecule has 1 aromatic heterocycles. The topological polar surface area (TPSA) is 35.0 Å². The highest BCUT2D eigenvalue weighted by atomic mass is 16.2. The molecule has 2 saturated heterocycles. The van der Waals surface area contributed by atoms with E-state index in [1.54, 1.807) is 6.08 Å². The number of rotatable bonds is 9. The van der Waals surface area contributed by atoms with Crippen LogP contribution in [0.15, 0.2) is 60.7 Å². The second-order valence-corrected chi connectivity index (χ2v) is 10.9. The lowest BCUT2D eigenvalue weighted by atomic mass is 10.1. The summed E-state index contributed by atoms with van der Waals surface area (Å²) in [5, 5.41) is 1.24. The van der Waals surface area contributed by atoms with Gasteiger partial charge >= 0.3 is 0 Å². The minimum Gasteiger partial charge on any atom is -0.344 e. The summed E-state index contributed by atoms with van der Waals surface area (Å²) >= 11 is 0. The normalized spacial score (nSPS) is 18.1. The maximum Gasteiger partial charge on any atom is 0.246 e. The number of amides is 1. The minimum absolute atomic E-state index is 0.124. The van der Waals surface area contributed by atoms with Gasteiger partial charge in [-0.05, 0) is 51.1 Å². The van der Waals surface area contributed by atoms with E-state index in [1.807, 2.05) is 4.90 Å². The van der Waals surface area contributed by atoms with Crippen molar-refractivity contribution in [2.75, 3.05) is 72.5 Å². The first-order valence-corrected chi connectivity index (χ1v) is 14.3. The molecule has 2 aliphatic heterocycles. The molecule has 6 nitrogen and oxygen atoms in total. The molecule has 0 radical (unpaired) electrons. The molecule has 0 aliphatic carbocycles. The number of benzene rings is 2. The molecule has 0 bridgehead atoms. The molecular formula is C32H43N5O. The monoisotopic (exact) mass is 513 g/mol. The molecule has 0 N–H and O–H groups in total. The van der Waals surface area contributed by atoms with Gasteiger partial charge in [-0.2, -0.15) is 0 Å². The summed E-state index contributed by atoms with van der Waals surface area (Å²) in [5.41, 5.74) is 5.07. The zero-order valence-corrected chi connectivity index (χ0v) is 23.2. The highest BCUT2D eigenvalue weighted by molar-refractivity contribution is 5.97. The van der Waals surface area contributed by atoms with Gasteiger partial charge in [0.2, 0.25) is 5.91 Å². The maximum atomic E-state index is 13.1. The summed E-state index contributed by atoms with van der Waals surface area (Å²) in [6, 6.07) is 19.3. The molecule has 6 heteroatoms. The van der Waals surface area contributed by atoms with Crippen molar-refractivity contribution in [3.8, 4) is 0 Å². The average Bonchev–Trinajstić information content (AvgIpc) is 3.22. The van der Waals surface area contributed by atoms with Crippen LogP contribution in [0.1, 0.15) is 23.2 Å². The number of nitrogens with zero attached hydrogens (tertiary/aromatic N) is 5. The van der Waals surface area contributed by atoms with Crippen molar-refractivity contribution in [3.05, 3.63) is 77.5 Å². The van der Waals surface area contributed by atoms with E-state index in [4.69, 9.17) is 0 Å². The molecule has 2 aromatic carbocycles. The molecule has 0 unspecified atom stereocenters. The molecule has 3 aromatic rings. The largest absolute Gasteiger partial charge is 0.344 e. The van der Waals surface area contributed by atoms with Crippen LogP contribution in [-0.2, 0) is 17.8 Å². The lowest BCUT2D eigenvalue weighted by Gasteiger charge is -2.34. The van der Waals surface area contributed by atoms with Crippen LogP contribution in [-0.4, -0.2) is 103 Å². The summed E-state index contributed by atoms with van der Waals surface area (Å²) in [7, 11) is 2.21. The van der Waals surface area contributed by atoms with Crippen LogP contribution in [0.3, 0.4) is 0 Å². The molecule has 0 saturated carbocycles. The SMILES string of the molecule is Cc1c(/C=C/C(=O)N2CCN(CCc3ccccc3)CC2)c2ccccc2n1CCCN1CCN(C)CC1. The van der Waals surface area contributed by atoms with E-state index in [0.717, 1.165) is 71.7 Å². The number of para-hydroxylation sites is 1. The van der Waals surface area contributed by atoms with Gasteiger partial charge in [0.15, 0.2) is 0 Å². The van der Waals surface area contributed by atoms with Crippen LogP contribution >= 0.6 is 0 Å². The Balaban J connectivity index is 1.17. The number of aromatic nitrogens is 1. The fourth-order valence-electron chi connectivity index (χ4n) is 5.86. The first-order valence-electron chi connectivity index (χ1n) is 14.3. The van der Waals surface area contributed by atoms with E-state index < -0.39 is 0 Å². The van der Waals surface area contributed by atoms with Gasteiger partial charge in [0.05, 0.1) is 0 Å². The van der Waals surface area contributed by atoms with Gasteiger partial charge in [0.1, 0.15) is 0 Å². The van der Waals surface area contributed by atoms with Crippen LogP contribution in [0, 0.1) is 6.92 Å².